The Bertz CT molecular complexity index is 1120. The van der Waals surface area contributed by atoms with Crippen molar-refractivity contribution < 1.29 is 29.1 Å². The number of benzene rings is 1. The fourth-order valence-corrected chi connectivity index (χ4v) is 5.44. The smallest absolute Gasteiger partial charge is 0.499 e. The first-order chi connectivity index (χ1) is 16.4. The molecule has 3 unspecified atom stereocenters. The van der Waals surface area contributed by atoms with Gasteiger partial charge in [0.15, 0.2) is 5.75 Å². The highest BCUT2D eigenvalue weighted by molar-refractivity contribution is 6.01. The van der Waals surface area contributed by atoms with Crippen LogP contribution in [0.1, 0.15) is 59.4 Å². The maximum Gasteiger partial charge on any atom is 0.514 e. The first-order valence-electron chi connectivity index (χ1n) is 11.7. The van der Waals surface area contributed by atoms with Crippen LogP contribution < -0.4 is 4.74 Å². The molecule has 1 aromatic carbocycles. The number of rotatable bonds is 7. The van der Waals surface area contributed by atoms with E-state index in [4.69, 9.17) is 9.47 Å². The zero-order valence-corrected chi connectivity index (χ0v) is 20.7. The fourth-order valence-electron chi connectivity index (χ4n) is 5.44. The van der Waals surface area contributed by atoms with E-state index in [2.05, 4.69) is 20.8 Å². The lowest BCUT2D eigenvalue weighted by Gasteiger charge is -2.38. The van der Waals surface area contributed by atoms with Gasteiger partial charge in [0.05, 0.1) is 4.92 Å². The molecular weight excluding hydrogens is 454 g/mol. The summed E-state index contributed by atoms with van der Waals surface area (Å²) < 4.78 is 10.8. The average molecular weight is 486 g/mol. The first kappa shape index (κ1) is 26.0. The van der Waals surface area contributed by atoms with Crippen LogP contribution >= 0.6 is 0 Å². The van der Waals surface area contributed by atoms with Gasteiger partial charge in [-0.1, -0.05) is 20.8 Å². The molecule has 3 rings (SSSR count). The number of ether oxygens (including phenoxy) is 2. The van der Waals surface area contributed by atoms with Gasteiger partial charge in [0.1, 0.15) is 17.7 Å². The second-order valence-corrected chi connectivity index (χ2v) is 9.86. The highest BCUT2D eigenvalue weighted by Gasteiger charge is 2.63. The predicted molar refractivity (Wildman–Crippen MR) is 126 cm³/mol. The number of phenolic OH excluding ortho intramolecular Hbond substituents is 1. The number of nitro groups is 1. The van der Waals surface area contributed by atoms with E-state index >= 15 is 0 Å². The van der Waals surface area contributed by atoms with Gasteiger partial charge in [0.25, 0.3) is 5.91 Å². The van der Waals surface area contributed by atoms with E-state index in [0.717, 1.165) is 31.1 Å². The standard InChI is InChI=1S/C25H31N3O7/c1-6-27(7-2)22(30)16(14-26)10-15-11-18(28(32)33)21(29)19(12-15)34-23(31)35-20-13-17-8-9-25(20,5)24(17,3)4/h10-12,17,20,29H,6-9,13H2,1-5H3/b16-10+. The molecule has 1 N–H and O–H groups in total. The number of carbonyl (C=O) groups is 2. The molecule has 1 aromatic rings. The number of fused-ring (bicyclic) bond motifs is 2. The second-order valence-electron chi connectivity index (χ2n) is 9.86. The van der Waals surface area contributed by atoms with Crippen LogP contribution in [0, 0.1) is 38.2 Å². The number of hydrogen-bond acceptors (Lipinski definition) is 8. The minimum Gasteiger partial charge on any atom is -0.499 e. The minimum absolute atomic E-state index is 0.00528. The van der Waals surface area contributed by atoms with Crippen LogP contribution in [0.15, 0.2) is 17.7 Å². The van der Waals surface area contributed by atoms with E-state index in [9.17, 15) is 30.1 Å². The van der Waals surface area contributed by atoms with Crippen LogP contribution in [0.5, 0.6) is 11.5 Å². The Labute approximate surface area is 204 Å². The summed E-state index contributed by atoms with van der Waals surface area (Å²) in [5, 5.41) is 31.3. The molecule has 0 spiro atoms. The van der Waals surface area contributed by atoms with Gasteiger partial charge in [-0.2, -0.15) is 5.26 Å². The third-order valence-corrected chi connectivity index (χ3v) is 8.13. The number of amides is 1. The van der Waals surface area contributed by atoms with E-state index in [1.165, 1.54) is 4.90 Å². The second kappa shape index (κ2) is 9.56. The SMILES string of the molecule is CCN(CC)C(=O)/C(C#N)=C/c1cc(OC(=O)OC2CC3CCC2(C)C3(C)C)c(O)c([N+](=O)[O-])c1. The monoisotopic (exact) mass is 485 g/mol. The number of nitriles is 1. The van der Waals surface area contributed by atoms with Gasteiger partial charge in [-0.25, -0.2) is 4.79 Å². The molecule has 10 nitrogen and oxygen atoms in total. The quantitative estimate of drug-likeness (QED) is 0.145. The third-order valence-electron chi connectivity index (χ3n) is 8.13. The molecule has 2 aliphatic carbocycles. The lowest BCUT2D eigenvalue weighted by molar-refractivity contribution is -0.385. The fraction of sp³-hybridized carbons (Fsp3) is 0.560. The van der Waals surface area contributed by atoms with Crippen LogP contribution in [0.4, 0.5) is 10.5 Å². The highest BCUT2D eigenvalue weighted by atomic mass is 16.7. The number of aromatic hydroxyl groups is 1. The molecule has 188 valence electrons. The molecule has 0 radical (unpaired) electrons. The van der Waals surface area contributed by atoms with Crippen molar-refractivity contribution in [2.75, 3.05) is 13.1 Å². The summed E-state index contributed by atoms with van der Waals surface area (Å²) in [5.41, 5.74) is -1.17. The van der Waals surface area contributed by atoms with Crippen LogP contribution in [0.25, 0.3) is 6.08 Å². The molecule has 2 bridgehead atoms. The molecule has 0 saturated heterocycles. The van der Waals surface area contributed by atoms with Gasteiger partial charge < -0.3 is 19.5 Å². The summed E-state index contributed by atoms with van der Waals surface area (Å²) in [7, 11) is 0. The number of phenols is 1. The molecule has 3 atom stereocenters. The van der Waals surface area contributed by atoms with E-state index < -0.39 is 34.2 Å². The lowest BCUT2D eigenvalue weighted by Crippen LogP contribution is -2.38. The van der Waals surface area contributed by atoms with Crippen molar-refractivity contribution in [3.05, 3.63) is 33.4 Å². The first-order valence-corrected chi connectivity index (χ1v) is 11.7. The summed E-state index contributed by atoms with van der Waals surface area (Å²) in [6.07, 6.45) is 2.38. The average Bonchev–Trinajstić information content (AvgIpc) is 3.13. The summed E-state index contributed by atoms with van der Waals surface area (Å²) in [6, 6.07) is 3.96. The number of nitrogens with zero attached hydrogens (tertiary/aromatic N) is 3. The molecule has 1 amide bonds. The lowest BCUT2D eigenvalue weighted by atomic mass is 9.70. The zero-order chi connectivity index (χ0) is 26.1. The van der Waals surface area contributed by atoms with Gasteiger partial charge >= 0.3 is 11.8 Å². The van der Waals surface area contributed by atoms with Gasteiger partial charge in [-0.3, -0.25) is 14.9 Å². The Hall–Kier alpha value is -3.61. The molecule has 0 heterocycles. The van der Waals surface area contributed by atoms with E-state index in [-0.39, 0.29) is 28.1 Å². The van der Waals surface area contributed by atoms with E-state index in [1.807, 2.05) is 0 Å². The molecule has 2 aliphatic rings. The maximum atomic E-state index is 12.6. The molecule has 0 aliphatic heterocycles. The van der Waals surface area contributed by atoms with Crippen molar-refractivity contribution in [2.45, 2.75) is 60.0 Å². The van der Waals surface area contributed by atoms with Crippen LogP contribution in [0.3, 0.4) is 0 Å². The van der Waals surface area contributed by atoms with Crippen molar-refractivity contribution in [1.82, 2.24) is 4.90 Å². The molecule has 2 fully saturated rings. The minimum atomic E-state index is -1.08. The summed E-state index contributed by atoms with van der Waals surface area (Å²) in [6.45, 7) is 10.7. The van der Waals surface area contributed by atoms with Crippen molar-refractivity contribution in [3.8, 4) is 17.6 Å². The maximum absolute atomic E-state index is 12.6. The largest absolute Gasteiger partial charge is 0.514 e. The Morgan fingerprint density at radius 2 is 1.97 bits per heavy atom. The zero-order valence-electron chi connectivity index (χ0n) is 20.7. The number of carbonyl (C=O) groups excluding carboxylic acids is 2. The highest BCUT2D eigenvalue weighted by Crippen LogP contribution is 2.66. The van der Waals surface area contributed by atoms with E-state index in [1.54, 1.807) is 19.9 Å². The van der Waals surface area contributed by atoms with Gasteiger partial charge in [0, 0.05) is 24.6 Å². The summed E-state index contributed by atoms with van der Waals surface area (Å²) in [5.74, 6) is -1.46. The Kier molecular flexibility index (Phi) is 7.11. The third kappa shape index (κ3) is 4.55. The Morgan fingerprint density at radius 3 is 2.46 bits per heavy atom. The molecule has 0 aromatic heterocycles. The number of hydrogen-bond donors (Lipinski definition) is 1. The number of likely N-dealkylation sites (N-methyl/N-ethyl adjacent to an activating group) is 1. The van der Waals surface area contributed by atoms with Crippen LogP contribution in [-0.4, -0.2) is 46.2 Å². The van der Waals surface area contributed by atoms with Gasteiger partial charge in [-0.15, -0.1) is 0 Å². The normalized spacial score (nSPS) is 24.5. The Balaban J connectivity index is 1.89. The topological polar surface area (TPSA) is 143 Å². The summed E-state index contributed by atoms with van der Waals surface area (Å²) >= 11 is 0. The predicted octanol–water partition coefficient (Wildman–Crippen LogP) is 4.81. The number of nitro benzene ring substituents is 1. The molecule has 35 heavy (non-hydrogen) atoms. The van der Waals surface area contributed by atoms with Crippen LogP contribution in [-0.2, 0) is 9.53 Å². The van der Waals surface area contributed by atoms with E-state index in [0.29, 0.717) is 25.4 Å². The van der Waals surface area contributed by atoms with Crippen LogP contribution in [0.2, 0.25) is 0 Å². The van der Waals surface area contributed by atoms with Crippen molar-refractivity contribution in [1.29, 1.82) is 5.26 Å². The molecule has 10 heteroatoms. The van der Waals surface area contributed by atoms with Crippen molar-refractivity contribution >= 4 is 23.8 Å². The van der Waals surface area contributed by atoms with Gasteiger partial charge in [-0.05, 0) is 62.1 Å². The molecule has 2 saturated carbocycles. The van der Waals surface area contributed by atoms with Crippen molar-refractivity contribution in [3.63, 3.8) is 0 Å². The van der Waals surface area contributed by atoms with Crippen molar-refractivity contribution in [2.24, 2.45) is 16.7 Å². The summed E-state index contributed by atoms with van der Waals surface area (Å²) in [4.78, 5) is 37.3. The van der Waals surface area contributed by atoms with Gasteiger partial charge in [0.2, 0.25) is 5.75 Å². The Morgan fingerprint density at radius 1 is 1.31 bits per heavy atom. The molecular formula is C25H31N3O7.